The van der Waals surface area contributed by atoms with Crippen LogP contribution in [0.2, 0.25) is 0 Å². The second-order valence-electron chi connectivity index (χ2n) is 15.1. The van der Waals surface area contributed by atoms with Crippen molar-refractivity contribution in [1.82, 2.24) is 19.5 Å². The summed E-state index contributed by atoms with van der Waals surface area (Å²) in [5.74, 6) is 2.62. The highest BCUT2D eigenvalue weighted by Crippen LogP contribution is 2.47. The van der Waals surface area contributed by atoms with Gasteiger partial charge in [-0.1, -0.05) is 164 Å². The topological polar surface area (TPSA) is 56.7 Å². The molecule has 0 saturated carbocycles. The molecule has 1 aliphatic carbocycles. The molecule has 5 heteroatoms. The summed E-state index contributed by atoms with van der Waals surface area (Å²) in [5, 5.41) is 8.27. The van der Waals surface area contributed by atoms with E-state index in [-0.39, 0.29) is 6.04 Å². The molecule has 58 heavy (non-hydrogen) atoms. The maximum Gasteiger partial charge on any atom is 0.167 e. The molecule has 0 spiro atoms. The Morgan fingerprint density at radius 2 is 1.07 bits per heavy atom. The number of rotatable bonds is 5. The van der Waals surface area contributed by atoms with E-state index in [1.165, 1.54) is 32.6 Å². The van der Waals surface area contributed by atoms with E-state index in [2.05, 4.69) is 181 Å². The van der Waals surface area contributed by atoms with Crippen molar-refractivity contribution >= 4 is 59.9 Å². The van der Waals surface area contributed by atoms with Gasteiger partial charge in [-0.3, -0.25) is 0 Å². The molecule has 11 aromatic rings. The van der Waals surface area contributed by atoms with Gasteiger partial charge in [-0.05, 0) is 63.4 Å². The van der Waals surface area contributed by atoms with Crippen LogP contribution in [-0.4, -0.2) is 19.5 Å². The summed E-state index contributed by atoms with van der Waals surface area (Å²) in [5.41, 5.74) is 9.45. The molecule has 3 heterocycles. The highest BCUT2D eigenvalue weighted by atomic mass is 16.3. The van der Waals surface area contributed by atoms with Crippen LogP contribution in [0.1, 0.15) is 29.6 Å². The fourth-order valence-corrected chi connectivity index (χ4v) is 9.09. The first kappa shape index (κ1) is 32.6. The van der Waals surface area contributed by atoms with Crippen molar-refractivity contribution in [3.63, 3.8) is 0 Å². The van der Waals surface area contributed by atoms with E-state index >= 15 is 0 Å². The first-order chi connectivity index (χ1) is 28.7. The number of para-hydroxylation sites is 2. The Morgan fingerprint density at radius 1 is 0.448 bits per heavy atom. The summed E-state index contributed by atoms with van der Waals surface area (Å²) in [6, 6.07) is 64.1. The Bertz CT molecular complexity index is 3420. The number of benzene rings is 8. The third kappa shape index (κ3) is 5.14. The average molecular weight is 743 g/mol. The van der Waals surface area contributed by atoms with Gasteiger partial charge >= 0.3 is 0 Å². The van der Waals surface area contributed by atoms with Gasteiger partial charge in [-0.15, -0.1) is 0 Å². The normalized spacial score (nSPS) is 14.1. The van der Waals surface area contributed by atoms with Crippen LogP contribution in [0.4, 0.5) is 0 Å². The molecule has 272 valence electrons. The van der Waals surface area contributed by atoms with Gasteiger partial charge in [0, 0.05) is 38.4 Å². The third-order valence-electron chi connectivity index (χ3n) is 11.8. The van der Waals surface area contributed by atoms with E-state index in [1.54, 1.807) is 0 Å². The lowest BCUT2D eigenvalue weighted by Crippen LogP contribution is -2.15. The third-order valence-corrected chi connectivity index (χ3v) is 11.8. The summed E-state index contributed by atoms with van der Waals surface area (Å²) in [6.07, 6.45) is 3.00. The fraction of sp³-hybridized carbons (Fsp3) is 0.0377. The summed E-state index contributed by atoms with van der Waals surface area (Å²) in [4.78, 5) is 15.8. The zero-order valence-electron chi connectivity index (χ0n) is 31.4. The van der Waals surface area contributed by atoms with Crippen molar-refractivity contribution in [3.05, 3.63) is 205 Å². The molecule has 1 unspecified atom stereocenters. The Labute approximate surface area is 334 Å². The van der Waals surface area contributed by atoms with Gasteiger partial charge < -0.3 is 8.98 Å². The molecule has 0 aliphatic heterocycles. The maximum absolute atomic E-state index is 6.92. The minimum absolute atomic E-state index is 0.0321. The second-order valence-corrected chi connectivity index (χ2v) is 15.1. The predicted molar refractivity (Wildman–Crippen MR) is 237 cm³/mol. The van der Waals surface area contributed by atoms with Gasteiger partial charge in [0.15, 0.2) is 17.5 Å². The van der Waals surface area contributed by atoms with Crippen LogP contribution < -0.4 is 0 Å². The molecule has 1 aliphatic rings. The zero-order valence-corrected chi connectivity index (χ0v) is 31.4. The maximum atomic E-state index is 6.92. The van der Waals surface area contributed by atoms with Crippen LogP contribution in [0.25, 0.3) is 93.8 Å². The molecule has 0 N–H and O–H groups in total. The van der Waals surface area contributed by atoms with Crippen molar-refractivity contribution in [3.8, 4) is 33.9 Å². The first-order valence-electron chi connectivity index (χ1n) is 19.8. The number of furan rings is 1. The van der Waals surface area contributed by atoms with E-state index in [4.69, 9.17) is 19.4 Å². The quantitative estimate of drug-likeness (QED) is 0.176. The van der Waals surface area contributed by atoms with Gasteiger partial charge in [0.05, 0.1) is 17.1 Å². The summed E-state index contributed by atoms with van der Waals surface area (Å²) in [6.45, 7) is 0. The summed E-state index contributed by atoms with van der Waals surface area (Å²) in [7, 11) is 0. The van der Waals surface area contributed by atoms with Crippen LogP contribution in [-0.2, 0) is 0 Å². The highest BCUT2D eigenvalue weighted by molar-refractivity contribution is 6.13. The predicted octanol–water partition coefficient (Wildman–Crippen LogP) is 13.5. The smallest absolute Gasteiger partial charge is 0.167 e. The SMILES string of the molecule is C1=C(c2nc(-c3ccc(-c4ccccc4)cc3)nc(-c3cccc4ccccc34)n2)c2oc3ccccc3c2C(n2c3ccccc3c3cc4ccccc4cc32)C1. The monoisotopic (exact) mass is 742 g/mol. The molecule has 0 saturated heterocycles. The van der Waals surface area contributed by atoms with Crippen molar-refractivity contribution < 1.29 is 4.42 Å². The van der Waals surface area contributed by atoms with E-state index < -0.39 is 0 Å². The van der Waals surface area contributed by atoms with E-state index in [9.17, 15) is 0 Å². The molecule has 8 aromatic carbocycles. The van der Waals surface area contributed by atoms with Crippen molar-refractivity contribution in [2.75, 3.05) is 0 Å². The molecular weight excluding hydrogens is 709 g/mol. The number of hydrogen-bond donors (Lipinski definition) is 0. The highest BCUT2D eigenvalue weighted by Gasteiger charge is 2.33. The van der Waals surface area contributed by atoms with Crippen molar-refractivity contribution in [2.24, 2.45) is 0 Å². The van der Waals surface area contributed by atoms with Crippen LogP contribution >= 0.6 is 0 Å². The van der Waals surface area contributed by atoms with Crippen molar-refractivity contribution in [1.29, 1.82) is 0 Å². The first-order valence-corrected chi connectivity index (χ1v) is 19.8. The average Bonchev–Trinajstić information content (AvgIpc) is 3.84. The molecule has 3 aromatic heterocycles. The number of hydrogen-bond acceptors (Lipinski definition) is 4. The lowest BCUT2D eigenvalue weighted by Gasteiger charge is -2.25. The van der Waals surface area contributed by atoms with Gasteiger partial charge in [-0.25, -0.2) is 15.0 Å². The van der Waals surface area contributed by atoms with E-state index in [0.717, 1.165) is 67.3 Å². The standard InChI is InChI=1S/C53H34N4O/c1-2-13-33(14-3-1)34-25-27-36(28-26-34)51-54-52(41-22-12-18-35-15-6-7-19-39(35)41)56-53(55-51)43-29-30-46(49-42-21-9-11-24-48(42)58-50(43)49)57-45-23-10-8-20-40(45)44-31-37-16-4-5-17-38(37)32-47(44)57/h1-29,31-32,46H,30H2. The molecule has 0 fully saturated rings. The van der Waals surface area contributed by atoms with Gasteiger partial charge in [0.25, 0.3) is 0 Å². The molecule has 0 bridgehead atoms. The van der Waals surface area contributed by atoms with Crippen LogP contribution in [0.15, 0.2) is 192 Å². The fourth-order valence-electron chi connectivity index (χ4n) is 9.09. The minimum Gasteiger partial charge on any atom is -0.456 e. The Kier molecular flexibility index (Phi) is 7.29. The number of allylic oxidation sites excluding steroid dienone is 1. The Hall–Kier alpha value is -7.63. The molecule has 0 amide bonds. The van der Waals surface area contributed by atoms with E-state index in [0.29, 0.717) is 17.5 Å². The van der Waals surface area contributed by atoms with Crippen LogP contribution in [0.3, 0.4) is 0 Å². The molecular formula is C53H34N4O. The second kappa shape index (κ2) is 13.0. The largest absolute Gasteiger partial charge is 0.456 e. The summed E-state index contributed by atoms with van der Waals surface area (Å²) < 4.78 is 9.45. The van der Waals surface area contributed by atoms with Crippen molar-refractivity contribution in [2.45, 2.75) is 12.5 Å². The lowest BCUT2D eigenvalue weighted by atomic mass is 9.90. The Balaban J connectivity index is 1.07. The van der Waals surface area contributed by atoms with Crippen LogP contribution in [0.5, 0.6) is 0 Å². The van der Waals surface area contributed by atoms with Gasteiger partial charge in [-0.2, -0.15) is 0 Å². The molecule has 5 nitrogen and oxygen atoms in total. The number of nitrogens with zero attached hydrogens (tertiary/aromatic N) is 4. The molecule has 12 rings (SSSR count). The minimum atomic E-state index is -0.0321. The Morgan fingerprint density at radius 3 is 1.91 bits per heavy atom. The number of aromatic nitrogens is 4. The van der Waals surface area contributed by atoms with E-state index in [1.807, 2.05) is 12.1 Å². The summed E-state index contributed by atoms with van der Waals surface area (Å²) >= 11 is 0. The zero-order chi connectivity index (χ0) is 38.2. The molecule has 0 radical (unpaired) electrons. The number of fused-ring (bicyclic) bond motifs is 8. The van der Waals surface area contributed by atoms with Gasteiger partial charge in [0.2, 0.25) is 0 Å². The lowest BCUT2D eigenvalue weighted by molar-refractivity contribution is 0.556. The van der Waals surface area contributed by atoms with Gasteiger partial charge in [0.1, 0.15) is 11.3 Å². The molecule has 1 atom stereocenters. The van der Waals surface area contributed by atoms with Crippen LogP contribution in [0, 0.1) is 0 Å².